The van der Waals surface area contributed by atoms with E-state index in [4.69, 9.17) is 27.9 Å². The highest BCUT2D eigenvalue weighted by molar-refractivity contribution is 6.31. The maximum absolute atomic E-state index is 10.3. The molecule has 2 aromatic carbocycles. The lowest BCUT2D eigenvalue weighted by molar-refractivity contribution is 0.484. The van der Waals surface area contributed by atoms with Gasteiger partial charge in [0.1, 0.15) is 11.4 Å². The molecule has 0 fully saturated rings. The van der Waals surface area contributed by atoms with Crippen LogP contribution in [0.25, 0.3) is 0 Å². The van der Waals surface area contributed by atoms with Crippen LogP contribution in [0.4, 0.5) is 5.69 Å². The van der Waals surface area contributed by atoms with E-state index in [1.807, 2.05) is 0 Å². The van der Waals surface area contributed by atoms with Gasteiger partial charge < -0.3 is 4.74 Å². The molecular formula is C13H7Cl2NO2. The van der Waals surface area contributed by atoms with Crippen LogP contribution in [-0.2, 0) is 4.79 Å². The Kier molecular flexibility index (Phi) is 4.00. The summed E-state index contributed by atoms with van der Waals surface area (Å²) in [5.41, 5.74) is 0.365. The van der Waals surface area contributed by atoms with Gasteiger partial charge in [-0.05, 0) is 36.4 Å². The lowest BCUT2D eigenvalue weighted by Crippen LogP contribution is -1.84. The molecule has 0 aliphatic rings. The molecule has 5 heteroatoms. The number of ether oxygens (including phenoxy) is 1. The second-order valence-corrected chi connectivity index (χ2v) is 4.24. The maximum Gasteiger partial charge on any atom is 0.240 e. The number of halogens is 2. The van der Waals surface area contributed by atoms with Gasteiger partial charge in [0.2, 0.25) is 6.08 Å². The Morgan fingerprint density at radius 2 is 1.67 bits per heavy atom. The standard InChI is InChI=1S/C13H7Cl2NO2/c14-9-1-4-11(5-2-9)18-13-7-10(15)3-6-12(13)16-8-17/h1-7H. The maximum atomic E-state index is 10.3. The Morgan fingerprint density at radius 3 is 2.33 bits per heavy atom. The normalized spacial score (nSPS) is 9.67. The molecule has 0 spiro atoms. The van der Waals surface area contributed by atoms with Gasteiger partial charge in [0.25, 0.3) is 0 Å². The third kappa shape index (κ3) is 3.11. The van der Waals surface area contributed by atoms with Crippen molar-refractivity contribution in [3.8, 4) is 11.5 Å². The van der Waals surface area contributed by atoms with Gasteiger partial charge in [-0.1, -0.05) is 23.2 Å². The van der Waals surface area contributed by atoms with Crippen molar-refractivity contribution < 1.29 is 9.53 Å². The Bertz CT molecular complexity index is 605. The summed E-state index contributed by atoms with van der Waals surface area (Å²) < 4.78 is 5.58. The van der Waals surface area contributed by atoms with Crippen LogP contribution in [0.2, 0.25) is 10.0 Å². The van der Waals surface area contributed by atoms with Gasteiger partial charge in [-0.3, -0.25) is 0 Å². The number of hydrogen-bond acceptors (Lipinski definition) is 3. The van der Waals surface area contributed by atoms with Crippen LogP contribution in [0.3, 0.4) is 0 Å². The van der Waals surface area contributed by atoms with Crippen LogP contribution in [-0.4, -0.2) is 6.08 Å². The van der Waals surface area contributed by atoms with Gasteiger partial charge in [-0.2, -0.15) is 4.99 Å². The molecule has 0 aliphatic heterocycles. The Balaban J connectivity index is 2.35. The van der Waals surface area contributed by atoms with Crippen LogP contribution in [0.1, 0.15) is 0 Å². The molecule has 0 unspecified atom stereocenters. The molecule has 2 rings (SSSR count). The van der Waals surface area contributed by atoms with Crippen molar-refractivity contribution in [1.82, 2.24) is 0 Å². The molecule has 0 bridgehead atoms. The second-order valence-electron chi connectivity index (χ2n) is 3.37. The molecule has 3 nitrogen and oxygen atoms in total. The highest BCUT2D eigenvalue weighted by Gasteiger charge is 2.05. The minimum Gasteiger partial charge on any atom is -0.455 e. The van der Waals surface area contributed by atoms with E-state index in [1.54, 1.807) is 42.5 Å². The first-order chi connectivity index (χ1) is 8.69. The summed E-state index contributed by atoms with van der Waals surface area (Å²) in [5, 5.41) is 1.10. The van der Waals surface area contributed by atoms with Crippen molar-refractivity contribution in [2.75, 3.05) is 0 Å². The topological polar surface area (TPSA) is 38.7 Å². The van der Waals surface area contributed by atoms with Crippen LogP contribution in [0.5, 0.6) is 11.5 Å². The van der Waals surface area contributed by atoms with Crippen molar-refractivity contribution in [3.63, 3.8) is 0 Å². The zero-order valence-corrected chi connectivity index (χ0v) is 10.6. The molecule has 0 atom stereocenters. The molecule has 18 heavy (non-hydrogen) atoms. The van der Waals surface area contributed by atoms with Crippen LogP contribution < -0.4 is 4.74 Å². The summed E-state index contributed by atoms with van der Waals surface area (Å²) in [5.74, 6) is 0.956. The van der Waals surface area contributed by atoms with E-state index < -0.39 is 0 Å². The molecule has 0 saturated carbocycles. The lowest BCUT2D eigenvalue weighted by atomic mass is 10.3. The number of isocyanates is 1. The fraction of sp³-hybridized carbons (Fsp3) is 0. The van der Waals surface area contributed by atoms with Crippen molar-refractivity contribution >= 4 is 35.0 Å². The van der Waals surface area contributed by atoms with Gasteiger partial charge in [-0.25, -0.2) is 4.79 Å². The number of nitrogens with zero attached hydrogens (tertiary/aromatic N) is 1. The van der Waals surface area contributed by atoms with Crippen LogP contribution in [0, 0.1) is 0 Å². The van der Waals surface area contributed by atoms with E-state index in [-0.39, 0.29) is 0 Å². The van der Waals surface area contributed by atoms with Gasteiger partial charge in [-0.15, -0.1) is 0 Å². The van der Waals surface area contributed by atoms with E-state index in [2.05, 4.69) is 4.99 Å². The fourth-order valence-corrected chi connectivity index (χ4v) is 1.63. The lowest BCUT2D eigenvalue weighted by Gasteiger charge is -2.08. The minimum absolute atomic E-state index is 0.365. The molecule has 0 N–H and O–H groups in total. The first-order valence-electron chi connectivity index (χ1n) is 5.00. The summed E-state index contributed by atoms with van der Waals surface area (Å²) in [6, 6.07) is 11.6. The average molecular weight is 280 g/mol. The molecule has 0 heterocycles. The summed E-state index contributed by atoms with van der Waals surface area (Å²) in [4.78, 5) is 13.9. The number of benzene rings is 2. The Labute approximate surface area is 114 Å². The van der Waals surface area contributed by atoms with Gasteiger partial charge in [0, 0.05) is 16.1 Å². The number of hydrogen-bond donors (Lipinski definition) is 0. The highest BCUT2D eigenvalue weighted by atomic mass is 35.5. The number of rotatable bonds is 3. The van der Waals surface area contributed by atoms with E-state index >= 15 is 0 Å². The average Bonchev–Trinajstić information content (AvgIpc) is 2.36. The molecule has 0 amide bonds. The van der Waals surface area contributed by atoms with E-state index in [0.717, 1.165) is 0 Å². The van der Waals surface area contributed by atoms with E-state index in [1.165, 1.54) is 6.08 Å². The van der Waals surface area contributed by atoms with E-state index in [9.17, 15) is 4.79 Å². The molecule has 0 aromatic heterocycles. The van der Waals surface area contributed by atoms with Crippen LogP contribution in [0.15, 0.2) is 47.5 Å². The monoisotopic (exact) mass is 279 g/mol. The summed E-state index contributed by atoms with van der Waals surface area (Å²) in [7, 11) is 0. The van der Waals surface area contributed by atoms with Gasteiger partial charge in [0.05, 0.1) is 0 Å². The highest BCUT2D eigenvalue weighted by Crippen LogP contribution is 2.34. The van der Waals surface area contributed by atoms with E-state index in [0.29, 0.717) is 27.2 Å². The Hall–Kier alpha value is -1.80. The predicted molar refractivity (Wildman–Crippen MR) is 70.8 cm³/mol. The molecule has 0 aliphatic carbocycles. The predicted octanol–water partition coefficient (Wildman–Crippen LogP) is 4.75. The largest absolute Gasteiger partial charge is 0.455 e. The molecule has 90 valence electrons. The summed E-state index contributed by atoms with van der Waals surface area (Å²) >= 11 is 11.6. The molecule has 0 saturated heterocycles. The summed E-state index contributed by atoms with van der Waals surface area (Å²) in [6.45, 7) is 0. The van der Waals surface area contributed by atoms with Gasteiger partial charge >= 0.3 is 0 Å². The third-order valence-corrected chi connectivity index (χ3v) is 2.62. The molecule has 2 aromatic rings. The zero-order chi connectivity index (χ0) is 13.0. The zero-order valence-electron chi connectivity index (χ0n) is 9.06. The SMILES string of the molecule is O=C=Nc1ccc(Cl)cc1Oc1ccc(Cl)cc1. The summed E-state index contributed by atoms with van der Waals surface area (Å²) in [6.07, 6.45) is 1.47. The number of aliphatic imine (C=N–C) groups is 1. The first kappa shape index (κ1) is 12.7. The third-order valence-electron chi connectivity index (χ3n) is 2.13. The molecule has 0 radical (unpaired) electrons. The van der Waals surface area contributed by atoms with Crippen molar-refractivity contribution in [3.05, 3.63) is 52.5 Å². The second kappa shape index (κ2) is 5.69. The first-order valence-corrected chi connectivity index (χ1v) is 5.75. The minimum atomic E-state index is 0.365. The Morgan fingerprint density at radius 1 is 1.00 bits per heavy atom. The number of carbonyl (C=O) groups excluding carboxylic acids is 1. The van der Waals surface area contributed by atoms with Crippen LogP contribution >= 0.6 is 23.2 Å². The van der Waals surface area contributed by atoms with Gasteiger partial charge in [0.15, 0.2) is 5.75 Å². The van der Waals surface area contributed by atoms with Crippen molar-refractivity contribution in [1.29, 1.82) is 0 Å². The smallest absolute Gasteiger partial charge is 0.240 e. The van der Waals surface area contributed by atoms with Crippen molar-refractivity contribution in [2.24, 2.45) is 4.99 Å². The molecular weight excluding hydrogens is 273 g/mol. The quantitative estimate of drug-likeness (QED) is 0.601. The van der Waals surface area contributed by atoms with Crippen molar-refractivity contribution in [2.45, 2.75) is 0 Å². The fourth-order valence-electron chi connectivity index (χ4n) is 1.34.